The van der Waals surface area contributed by atoms with Gasteiger partial charge in [-0.05, 0) is 67.4 Å². The van der Waals surface area contributed by atoms with E-state index in [0.717, 1.165) is 16.0 Å². The van der Waals surface area contributed by atoms with E-state index >= 15 is 0 Å². The summed E-state index contributed by atoms with van der Waals surface area (Å²) in [6.07, 6.45) is 0.422. The third-order valence-corrected chi connectivity index (χ3v) is 6.16. The Labute approximate surface area is 202 Å². The largest absolute Gasteiger partial charge is 0.326 e. The number of rotatable bonds is 6. The lowest BCUT2D eigenvalue weighted by atomic mass is 10.1. The molecule has 7 heteroatoms. The highest BCUT2D eigenvalue weighted by atomic mass is 35.5. The Hall–Kier alpha value is -3.15. The minimum atomic E-state index is -0.888. The molecule has 1 atom stereocenters. The number of carbonyl (C=O) groups excluding carboxylic acids is 3. The van der Waals surface area contributed by atoms with Crippen LogP contribution in [0, 0.1) is 6.92 Å². The number of halogens is 2. The van der Waals surface area contributed by atoms with Crippen LogP contribution < -0.4 is 4.90 Å². The fourth-order valence-corrected chi connectivity index (χ4v) is 4.26. The maximum absolute atomic E-state index is 13.5. The SMILES string of the molecule is Cc1ccc(C(=O)N(CCc2cccc(Cl)c2)C2CC(=O)N(c3ccc(Cl)cc3)C2=O)cc1. The standard InChI is InChI=1S/C26H22Cl2N2O3/c1-17-5-7-19(8-6-17)25(32)29(14-13-18-3-2-4-21(28)15-18)23-16-24(31)30(26(23)33)22-11-9-20(27)10-12-22/h2-12,15,23H,13-14,16H2,1H3. The zero-order valence-electron chi connectivity index (χ0n) is 18.0. The molecule has 0 radical (unpaired) electrons. The molecule has 1 heterocycles. The summed E-state index contributed by atoms with van der Waals surface area (Å²) in [6, 6.07) is 20.2. The lowest BCUT2D eigenvalue weighted by Gasteiger charge is -2.28. The third kappa shape index (κ3) is 5.10. The number of hydrogen-bond donors (Lipinski definition) is 0. The first-order chi connectivity index (χ1) is 15.8. The van der Waals surface area contributed by atoms with Crippen LogP contribution in [-0.2, 0) is 16.0 Å². The van der Waals surface area contributed by atoms with Gasteiger partial charge in [-0.3, -0.25) is 14.4 Å². The molecule has 1 unspecified atom stereocenters. The normalized spacial score (nSPS) is 15.7. The molecule has 168 valence electrons. The second kappa shape index (κ2) is 9.77. The minimum Gasteiger partial charge on any atom is -0.326 e. The number of benzene rings is 3. The topological polar surface area (TPSA) is 57.7 Å². The van der Waals surface area contributed by atoms with Crippen molar-refractivity contribution in [1.29, 1.82) is 0 Å². The van der Waals surface area contributed by atoms with E-state index in [4.69, 9.17) is 23.2 Å². The fraction of sp³-hybridized carbons (Fsp3) is 0.192. The van der Waals surface area contributed by atoms with Gasteiger partial charge in [-0.2, -0.15) is 0 Å². The van der Waals surface area contributed by atoms with Crippen molar-refractivity contribution in [3.63, 3.8) is 0 Å². The Morgan fingerprint density at radius 2 is 1.67 bits per heavy atom. The van der Waals surface area contributed by atoms with E-state index in [0.29, 0.717) is 27.7 Å². The van der Waals surface area contributed by atoms with Crippen molar-refractivity contribution in [2.75, 3.05) is 11.4 Å². The molecule has 1 aliphatic rings. The number of anilines is 1. The summed E-state index contributed by atoms with van der Waals surface area (Å²) < 4.78 is 0. The first kappa shape index (κ1) is 23.0. The van der Waals surface area contributed by atoms with Crippen molar-refractivity contribution in [1.82, 2.24) is 4.90 Å². The molecule has 5 nitrogen and oxygen atoms in total. The number of hydrogen-bond acceptors (Lipinski definition) is 3. The summed E-state index contributed by atoms with van der Waals surface area (Å²) in [6.45, 7) is 2.21. The van der Waals surface area contributed by atoms with Crippen LogP contribution in [0.3, 0.4) is 0 Å². The van der Waals surface area contributed by atoms with Gasteiger partial charge in [0.15, 0.2) is 0 Å². The summed E-state index contributed by atoms with van der Waals surface area (Å²) >= 11 is 12.1. The minimum absolute atomic E-state index is 0.0748. The van der Waals surface area contributed by atoms with E-state index in [-0.39, 0.29) is 24.8 Å². The second-order valence-corrected chi connectivity index (χ2v) is 8.88. The lowest BCUT2D eigenvalue weighted by Crippen LogP contribution is -2.46. The molecule has 0 aliphatic carbocycles. The molecule has 0 aromatic heterocycles. The zero-order valence-corrected chi connectivity index (χ0v) is 19.5. The van der Waals surface area contributed by atoms with Crippen molar-refractivity contribution in [3.05, 3.63) is 99.5 Å². The van der Waals surface area contributed by atoms with E-state index < -0.39 is 11.9 Å². The fourth-order valence-electron chi connectivity index (χ4n) is 3.92. The van der Waals surface area contributed by atoms with Gasteiger partial charge in [0.25, 0.3) is 11.8 Å². The Morgan fingerprint density at radius 1 is 0.970 bits per heavy atom. The van der Waals surface area contributed by atoms with Crippen molar-refractivity contribution in [3.8, 4) is 0 Å². The predicted octanol–water partition coefficient (Wildman–Crippen LogP) is 5.32. The van der Waals surface area contributed by atoms with Gasteiger partial charge in [0, 0.05) is 22.2 Å². The van der Waals surface area contributed by atoms with E-state index in [1.54, 1.807) is 42.5 Å². The van der Waals surface area contributed by atoms with Gasteiger partial charge in [-0.15, -0.1) is 0 Å². The summed E-state index contributed by atoms with van der Waals surface area (Å²) in [5.74, 6) is -1.06. The zero-order chi connectivity index (χ0) is 23.5. The van der Waals surface area contributed by atoms with Gasteiger partial charge >= 0.3 is 0 Å². The Balaban J connectivity index is 1.63. The summed E-state index contributed by atoms with van der Waals surface area (Å²) in [5.41, 5.74) is 2.87. The van der Waals surface area contributed by atoms with Crippen LogP contribution in [0.5, 0.6) is 0 Å². The molecule has 3 aromatic carbocycles. The molecule has 33 heavy (non-hydrogen) atoms. The average Bonchev–Trinajstić information content (AvgIpc) is 3.09. The molecular weight excluding hydrogens is 459 g/mol. The predicted molar refractivity (Wildman–Crippen MR) is 130 cm³/mol. The van der Waals surface area contributed by atoms with Crippen molar-refractivity contribution in [2.24, 2.45) is 0 Å². The van der Waals surface area contributed by atoms with Crippen LogP contribution >= 0.6 is 23.2 Å². The van der Waals surface area contributed by atoms with Crippen LogP contribution in [0.1, 0.15) is 27.9 Å². The first-order valence-electron chi connectivity index (χ1n) is 10.6. The molecule has 0 N–H and O–H groups in total. The second-order valence-electron chi connectivity index (χ2n) is 8.01. The van der Waals surface area contributed by atoms with Crippen LogP contribution in [0.15, 0.2) is 72.8 Å². The molecule has 0 bridgehead atoms. The van der Waals surface area contributed by atoms with Crippen LogP contribution in [0.4, 0.5) is 5.69 Å². The van der Waals surface area contributed by atoms with Crippen LogP contribution in [0.2, 0.25) is 10.0 Å². The van der Waals surface area contributed by atoms with Crippen LogP contribution in [-0.4, -0.2) is 35.2 Å². The van der Waals surface area contributed by atoms with Gasteiger partial charge in [0.1, 0.15) is 6.04 Å². The maximum atomic E-state index is 13.5. The number of nitrogens with zero attached hydrogens (tertiary/aromatic N) is 2. The first-order valence-corrected chi connectivity index (χ1v) is 11.3. The van der Waals surface area contributed by atoms with Crippen molar-refractivity contribution < 1.29 is 14.4 Å². The van der Waals surface area contributed by atoms with E-state index in [1.807, 2.05) is 37.3 Å². The van der Waals surface area contributed by atoms with Crippen molar-refractivity contribution in [2.45, 2.75) is 25.8 Å². The molecule has 1 saturated heterocycles. The van der Waals surface area contributed by atoms with Gasteiger partial charge in [0.2, 0.25) is 5.91 Å². The highest BCUT2D eigenvalue weighted by molar-refractivity contribution is 6.31. The van der Waals surface area contributed by atoms with E-state index in [1.165, 1.54) is 4.90 Å². The van der Waals surface area contributed by atoms with E-state index in [9.17, 15) is 14.4 Å². The lowest BCUT2D eigenvalue weighted by molar-refractivity contribution is -0.122. The molecular formula is C26H22Cl2N2O3. The Bertz CT molecular complexity index is 1190. The van der Waals surface area contributed by atoms with E-state index in [2.05, 4.69) is 0 Å². The number of carbonyl (C=O) groups is 3. The number of imide groups is 1. The van der Waals surface area contributed by atoms with Gasteiger partial charge in [-0.1, -0.05) is 53.0 Å². The Morgan fingerprint density at radius 3 is 2.33 bits per heavy atom. The third-order valence-electron chi connectivity index (χ3n) is 5.67. The molecule has 0 spiro atoms. The molecule has 4 rings (SSSR count). The van der Waals surface area contributed by atoms with Crippen molar-refractivity contribution >= 4 is 46.6 Å². The summed E-state index contributed by atoms with van der Waals surface area (Å²) in [7, 11) is 0. The highest BCUT2D eigenvalue weighted by Crippen LogP contribution is 2.28. The number of aryl methyl sites for hydroxylation is 1. The molecule has 3 amide bonds. The Kier molecular flexibility index (Phi) is 6.82. The van der Waals surface area contributed by atoms with Gasteiger partial charge < -0.3 is 4.90 Å². The summed E-state index contributed by atoms with van der Waals surface area (Å²) in [4.78, 5) is 42.3. The molecule has 3 aromatic rings. The molecule has 1 aliphatic heterocycles. The molecule has 1 fully saturated rings. The summed E-state index contributed by atoms with van der Waals surface area (Å²) in [5, 5.41) is 1.11. The van der Waals surface area contributed by atoms with Crippen LogP contribution in [0.25, 0.3) is 0 Å². The average molecular weight is 481 g/mol. The molecule has 0 saturated carbocycles. The smallest absolute Gasteiger partial charge is 0.257 e. The quantitative estimate of drug-likeness (QED) is 0.448. The van der Waals surface area contributed by atoms with Gasteiger partial charge in [0.05, 0.1) is 12.1 Å². The van der Waals surface area contributed by atoms with Gasteiger partial charge in [-0.25, -0.2) is 4.90 Å². The monoisotopic (exact) mass is 480 g/mol. The highest BCUT2D eigenvalue weighted by Gasteiger charge is 2.44. The maximum Gasteiger partial charge on any atom is 0.257 e. The number of amides is 3.